The normalized spacial score (nSPS) is 23.1. The summed E-state index contributed by atoms with van der Waals surface area (Å²) in [4.78, 5) is 2.36. The number of methoxy groups -OCH3 is 1. The van der Waals surface area contributed by atoms with E-state index in [0.29, 0.717) is 6.04 Å². The first-order valence-electron chi connectivity index (χ1n) is 4.41. The van der Waals surface area contributed by atoms with E-state index >= 15 is 0 Å². The maximum Gasteiger partial charge on any atom is 0.673 e. The summed E-state index contributed by atoms with van der Waals surface area (Å²) in [6.45, 7) is 2.14. The highest BCUT2D eigenvalue weighted by Crippen LogP contribution is 2.13. The summed E-state index contributed by atoms with van der Waals surface area (Å²) in [7, 11) is -2.07. The molecular weight excluding hydrogens is 201 g/mol. The summed E-state index contributed by atoms with van der Waals surface area (Å²) in [5.41, 5.74) is 0. The molecule has 2 nitrogen and oxygen atoms in total. The van der Waals surface area contributed by atoms with Crippen LogP contribution in [0.5, 0.6) is 0 Å². The van der Waals surface area contributed by atoms with E-state index in [1.807, 2.05) is 0 Å². The minimum atomic E-state index is -6.00. The smallest absolute Gasteiger partial charge is 0.418 e. The van der Waals surface area contributed by atoms with E-state index in [1.165, 1.54) is 19.4 Å². The van der Waals surface area contributed by atoms with Gasteiger partial charge in [-0.15, -0.1) is 0 Å². The first-order valence-corrected chi connectivity index (χ1v) is 4.41. The molecule has 1 rings (SSSR count). The molecule has 1 heterocycles. The van der Waals surface area contributed by atoms with Crippen LogP contribution in [-0.4, -0.2) is 45.5 Å². The first kappa shape index (κ1) is 13.7. The molecule has 1 aliphatic rings. The molecule has 0 amide bonds. The average molecular weight is 216 g/mol. The highest BCUT2D eigenvalue weighted by molar-refractivity contribution is 6.50. The number of hydrogen-bond donors (Lipinski definition) is 0. The van der Waals surface area contributed by atoms with Crippen LogP contribution in [0.3, 0.4) is 0 Å². The zero-order chi connectivity index (χ0) is 11.2. The van der Waals surface area contributed by atoms with Gasteiger partial charge in [0, 0.05) is 13.2 Å². The highest BCUT2D eigenvalue weighted by Gasteiger charge is 2.20. The molecule has 0 spiro atoms. The van der Waals surface area contributed by atoms with Crippen LogP contribution in [0.25, 0.3) is 0 Å². The minimum absolute atomic E-state index is 0.690. The van der Waals surface area contributed by atoms with E-state index in [9.17, 15) is 17.3 Å². The largest absolute Gasteiger partial charge is 0.673 e. The van der Waals surface area contributed by atoms with Crippen molar-refractivity contribution in [1.82, 2.24) is 4.90 Å². The molecule has 0 N–H and O–H groups in total. The van der Waals surface area contributed by atoms with Crippen molar-refractivity contribution in [2.45, 2.75) is 18.9 Å². The van der Waals surface area contributed by atoms with Gasteiger partial charge in [-0.05, 0) is 26.4 Å². The van der Waals surface area contributed by atoms with Gasteiger partial charge in [0.2, 0.25) is 0 Å². The van der Waals surface area contributed by atoms with Crippen molar-refractivity contribution >= 4 is 7.25 Å². The second-order valence-corrected chi connectivity index (χ2v) is 3.23. The van der Waals surface area contributed by atoms with Gasteiger partial charge in [0.15, 0.2) is 0 Å². The third-order valence-corrected chi connectivity index (χ3v) is 2.03. The van der Waals surface area contributed by atoms with Crippen molar-refractivity contribution in [2.75, 3.05) is 27.3 Å². The van der Waals surface area contributed by atoms with Gasteiger partial charge in [-0.2, -0.15) is 0 Å². The van der Waals surface area contributed by atoms with Crippen LogP contribution >= 0.6 is 0 Å². The van der Waals surface area contributed by atoms with Gasteiger partial charge in [0.1, 0.15) is 0 Å². The molecular formula is C7H15BF4NO-. The summed E-state index contributed by atoms with van der Waals surface area (Å²) < 4.78 is 44.1. The topological polar surface area (TPSA) is 12.5 Å². The van der Waals surface area contributed by atoms with E-state index in [4.69, 9.17) is 4.74 Å². The van der Waals surface area contributed by atoms with E-state index in [1.54, 1.807) is 7.11 Å². The highest BCUT2D eigenvalue weighted by atomic mass is 19.5. The Morgan fingerprint density at radius 2 is 1.86 bits per heavy atom. The molecule has 1 atom stereocenters. The Bertz CT molecular complexity index is 149. The van der Waals surface area contributed by atoms with Gasteiger partial charge in [-0.25, -0.2) is 0 Å². The fraction of sp³-hybridized carbons (Fsp3) is 1.00. The van der Waals surface area contributed by atoms with Crippen molar-refractivity contribution in [1.29, 1.82) is 0 Å². The van der Waals surface area contributed by atoms with Gasteiger partial charge in [-0.1, -0.05) is 0 Å². The number of rotatable bonds is 2. The monoisotopic (exact) mass is 216 g/mol. The van der Waals surface area contributed by atoms with E-state index in [0.717, 1.165) is 6.61 Å². The SMILES string of the molecule is COCC1CCCN1C.F[B-](F)(F)F. The first-order chi connectivity index (χ1) is 6.34. The lowest BCUT2D eigenvalue weighted by Gasteiger charge is -2.17. The Hall–Kier alpha value is -0.295. The molecule has 0 radical (unpaired) electrons. The molecule has 86 valence electrons. The lowest BCUT2D eigenvalue weighted by molar-refractivity contribution is 0.129. The van der Waals surface area contributed by atoms with Crippen LogP contribution in [0.4, 0.5) is 17.3 Å². The van der Waals surface area contributed by atoms with Crippen LogP contribution in [0, 0.1) is 0 Å². The summed E-state index contributed by atoms with van der Waals surface area (Å²) in [5.74, 6) is 0. The summed E-state index contributed by atoms with van der Waals surface area (Å²) in [6, 6.07) is 0.690. The van der Waals surface area contributed by atoms with Gasteiger partial charge in [-0.3, -0.25) is 0 Å². The summed E-state index contributed by atoms with van der Waals surface area (Å²) >= 11 is 0. The molecule has 0 aromatic heterocycles. The molecule has 0 aromatic rings. The maximum absolute atomic E-state index is 9.75. The standard InChI is InChI=1S/C7H15NO.BF4/c1-8-5-3-4-7(8)6-9-2;2-1(3,4)5/h7H,3-6H2,1-2H3;/q;-1. The van der Waals surface area contributed by atoms with Crippen molar-refractivity contribution < 1.29 is 22.0 Å². The second kappa shape index (κ2) is 6.24. The van der Waals surface area contributed by atoms with Crippen LogP contribution < -0.4 is 0 Å². The maximum atomic E-state index is 9.75. The Morgan fingerprint density at radius 3 is 2.14 bits per heavy atom. The molecule has 14 heavy (non-hydrogen) atoms. The fourth-order valence-electron chi connectivity index (χ4n) is 1.38. The number of halogens is 4. The van der Waals surface area contributed by atoms with Gasteiger partial charge in [0.25, 0.3) is 0 Å². The molecule has 0 saturated carbocycles. The predicted octanol–water partition coefficient (Wildman–Crippen LogP) is 2.03. The molecule has 0 bridgehead atoms. The fourth-order valence-corrected chi connectivity index (χ4v) is 1.38. The number of hydrogen-bond acceptors (Lipinski definition) is 2. The lowest BCUT2D eigenvalue weighted by atomic mass is 10.2. The third-order valence-electron chi connectivity index (χ3n) is 2.03. The van der Waals surface area contributed by atoms with Crippen molar-refractivity contribution in [2.24, 2.45) is 0 Å². The number of ether oxygens (including phenoxy) is 1. The lowest BCUT2D eigenvalue weighted by Crippen LogP contribution is -2.28. The Morgan fingerprint density at radius 1 is 1.36 bits per heavy atom. The Kier molecular flexibility index (Phi) is 6.11. The van der Waals surface area contributed by atoms with Crippen LogP contribution in [0.2, 0.25) is 0 Å². The van der Waals surface area contributed by atoms with Crippen LogP contribution in [0.1, 0.15) is 12.8 Å². The summed E-state index contributed by atoms with van der Waals surface area (Å²) in [5, 5.41) is 0. The average Bonchev–Trinajstić information content (AvgIpc) is 2.34. The quantitative estimate of drug-likeness (QED) is 0.517. The van der Waals surface area contributed by atoms with E-state index < -0.39 is 7.25 Å². The molecule has 0 aliphatic carbocycles. The Labute approximate surface area is 81.3 Å². The summed E-state index contributed by atoms with van der Waals surface area (Å²) in [6.07, 6.45) is 2.65. The van der Waals surface area contributed by atoms with E-state index in [-0.39, 0.29) is 0 Å². The molecule has 1 saturated heterocycles. The zero-order valence-electron chi connectivity index (χ0n) is 8.35. The van der Waals surface area contributed by atoms with Crippen LogP contribution in [-0.2, 0) is 4.74 Å². The second-order valence-electron chi connectivity index (χ2n) is 3.23. The predicted molar refractivity (Wildman–Crippen MR) is 47.7 cm³/mol. The Balaban J connectivity index is 0.000000292. The molecule has 1 aliphatic heterocycles. The van der Waals surface area contributed by atoms with Gasteiger partial charge < -0.3 is 26.9 Å². The van der Waals surface area contributed by atoms with Crippen molar-refractivity contribution in [3.63, 3.8) is 0 Å². The van der Waals surface area contributed by atoms with E-state index in [2.05, 4.69) is 11.9 Å². The zero-order valence-corrected chi connectivity index (χ0v) is 8.35. The molecule has 1 unspecified atom stereocenters. The number of likely N-dealkylation sites (N-methyl/N-ethyl adjacent to an activating group) is 1. The number of nitrogens with zero attached hydrogens (tertiary/aromatic N) is 1. The van der Waals surface area contributed by atoms with Crippen molar-refractivity contribution in [3.05, 3.63) is 0 Å². The van der Waals surface area contributed by atoms with Gasteiger partial charge in [0.05, 0.1) is 6.61 Å². The van der Waals surface area contributed by atoms with Crippen LogP contribution in [0.15, 0.2) is 0 Å². The van der Waals surface area contributed by atoms with Crippen molar-refractivity contribution in [3.8, 4) is 0 Å². The molecule has 1 fully saturated rings. The third kappa shape index (κ3) is 8.31. The van der Waals surface area contributed by atoms with Gasteiger partial charge >= 0.3 is 7.25 Å². The number of likely N-dealkylation sites (tertiary alicyclic amines) is 1. The molecule has 0 aromatic carbocycles. The minimum Gasteiger partial charge on any atom is -0.418 e. The molecule has 7 heteroatoms.